The maximum atomic E-state index is 11.8. The molecule has 0 aliphatic heterocycles. The van der Waals surface area contributed by atoms with Crippen molar-refractivity contribution < 1.29 is 4.79 Å². The van der Waals surface area contributed by atoms with Gasteiger partial charge in [-0.05, 0) is 13.3 Å². The van der Waals surface area contributed by atoms with E-state index in [1.165, 1.54) is 11.3 Å². The van der Waals surface area contributed by atoms with Crippen molar-refractivity contribution in [1.29, 1.82) is 0 Å². The van der Waals surface area contributed by atoms with E-state index in [1.807, 2.05) is 12.3 Å². The highest BCUT2D eigenvalue weighted by molar-refractivity contribution is 7.09. The molecule has 14 heavy (non-hydrogen) atoms. The standard InChI is InChI=1S/C10H16N2OS/c1-3-4-10(2,11)8(13)7-9-12-5-6-14-9/h5-6H,3-4,7,11H2,1-2H3. The van der Waals surface area contributed by atoms with E-state index < -0.39 is 5.54 Å². The molecule has 1 aromatic rings. The highest BCUT2D eigenvalue weighted by Crippen LogP contribution is 2.14. The third kappa shape index (κ3) is 2.89. The lowest BCUT2D eigenvalue weighted by atomic mass is 9.91. The van der Waals surface area contributed by atoms with Gasteiger partial charge in [-0.1, -0.05) is 13.3 Å². The summed E-state index contributed by atoms with van der Waals surface area (Å²) >= 11 is 1.50. The van der Waals surface area contributed by atoms with Crippen molar-refractivity contribution in [2.24, 2.45) is 5.73 Å². The molecule has 0 radical (unpaired) electrons. The number of Topliss-reactive ketones (excluding diaryl/α,β-unsaturated/α-hetero) is 1. The molecule has 78 valence electrons. The number of rotatable bonds is 5. The van der Waals surface area contributed by atoms with Gasteiger partial charge in [-0.15, -0.1) is 11.3 Å². The van der Waals surface area contributed by atoms with Gasteiger partial charge in [0.25, 0.3) is 0 Å². The van der Waals surface area contributed by atoms with Crippen LogP contribution in [0.15, 0.2) is 11.6 Å². The number of ketones is 1. The highest BCUT2D eigenvalue weighted by Gasteiger charge is 2.27. The number of thiazole rings is 1. The highest BCUT2D eigenvalue weighted by atomic mass is 32.1. The van der Waals surface area contributed by atoms with Gasteiger partial charge in [-0.2, -0.15) is 0 Å². The van der Waals surface area contributed by atoms with Crippen LogP contribution in [0.2, 0.25) is 0 Å². The summed E-state index contributed by atoms with van der Waals surface area (Å²) in [6.45, 7) is 3.83. The van der Waals surface area contributed by atoms with Gasteiger partial charge in [-0.3, -0.25) is 4.79 Å². The van der Waals surface area contributed by atoms with Gasteiger partial charge >= 0.3 is 0 Å². The number of carbonyl (C=O) groups excluding carboxylic acids is 1. The predicted molar refractivity (Wildman–Crippen MR) is 58.3 cm³/mol. The maximum absolute atomic E-state index is 11.8. The lowest BCUT2D eigenvalue weighted by Crippen LogP contribution is -2.45. The van der Waals surface area contributed by atoms with E-state index in [1.54, 1.807) is 13.1 Å². The van der Waals surface area contributed by atoms with E-state index in [4.69, 9.17) is 5.73 Å². The van der Waals surface area contributed by atoms with Crippen LogP contribution in [-0.2, 0) is 11.2 Å². The first-order valence-corrected chi connectivity index (χ1v) is 5.65. The Hall–Kier alpha value is -0.740. The number of carbonyl (C=O) groups is 1. The fraction of sp³-hybridized carbons (Fsp3) is 0.600. The zero-order valence-corrected chi connectivity index (χ0v) is 9.43. The monoisotopic (exact) mass is 212 g/mol. The number of hydrogen-bond acceptors (Lipinski definition) is 4. The van der Waals surface area contributed by atoms with E-state index in [0.717, 1.165) is 17.8 Å². The van der Waals surface area contributed by atoms with Gasteiger partial charge in [0, 0.05) is 11.6 Å². The molecule has 1 aromatic heterocycles. The molecule has 0 spiro atoms. The van der Waals surface area contributed by atoms with Gasteiger partial charge in [0.05, 0.1) is 17.0 Å². The molecule has 0 amide bonds. The molecule has 1 unspecified atom stereocenters. The topological polar surface area (TPSA) is 56.0 Å². The van der Waals surface area contributed by atoms with Gasteiger partial charge < -0.3 is 5.73 Å². The molecule has 0 aliphatic carbocycles. The summed E-state index contributed by atoms with van der Waals surface area (Å²) in [5, 5.41) is 2.72. The van der Waals surface area contributed by atoms with Crippen LogP contribution in [0.3, 0.4) is 0 Å². The van der Waals surface area contributed by atoms with Crippen LogP contribution in [0.4, 0.5) is 0 Å². The lowest BCUT2D eigenvalue weighted by Gasteiger charge is -2.21. The molecule has 0 fully saturated rings. The van der Waals surface area contributed by atoms with Crippen LogP contribution in [0, 0.1) is 0 Å². The van der Waals surface area contributed by atoms with Crippen molar-refractivity contribution in [1.82, 2.24) is 4.98 Å². The van der Waals surface area contributed by atoms with Crippen LogP contribution in [0.25, 0.3) is 0 Å². The van der Waals surface area contributed by atoms with Crippen molar-refractivity contribution in [3.05, 3.63) is 16.6 Å². The van der Waals surface area contributed by atoms with Crippen LogP contribution < -0.4 is 5.73 Å². The van der Waals surface area contributed by atoms with Crippen LogP contribution in [0.1, 0.15) is 31.7 Å². The molecule has 1 rings (SSSR count). The van der Waals surface area contributed by atoms with E-state index in [-0.39, 0.29) is 5.78 Å². The lowest BCUT2D eigenvalue weighted by molar-refractivity contribution is -0.123. The zero-order chi connectivity index (χ0) is 10.6. The van der Waals surface area contributed by atoms with Crippen molar-refractivity contribution in [2.75, 3.05) is 0 Å². The molecule has 0 bridgehead atoms. The molecule has 0 saturated heterocycles. The predicted octanol–water partition coefficient (Wildman–Crippen LogP) is 1.77. The van der Waals surface area contributed by atoms with E-state index in [0.29, 0.717) is 6.42 Å². The van der Waals surface area contributed by atoms with Gasteiger partial charge in [-0.25, -0.2) is 4.98 Å². The average molecular weight is 212 g/mol. The van der Waals surface area contributed by atoms with Crippen LogP contribution in [0.5, 0.6) is 0 Å². The zero-order valence-electron chi connectivity index (χ0n) is 8.62. The van der Waals surface area contributed by atoms with Crippen molar-refractivity contribution in [3.8, 4) is 0 Å². The molecule has 1 heterocycles. The summed E-state index contributed by atoms with van der Waals surface area (Å²) in [6.07, 6.45) is 3.74. The third-order valence-electron chi connectivity index (χ3n) is 2.20. The molecule has 4 heteroatoms. The normalized spacial score (nSPS) is 15.1. The minimum Gasteiger partial charge on any atom is -0.319 e. The van der Waals surface area contributed by atoms with E-state index in [2.05, 4.69) is 4.98 Å². The first-order chi connectivity index (χ1) is 6.56. The second-order valence-corrected chi connectivity index (χ2v) is 4.67. The summed E-state index contributed by atoms with van der Waals surface area (Å²) in [5.41, 5.74) is 5.22. The van der Waals surface area contributed by atoms with Gasteiger partial charge in [0.2, 0.25) is 0 Å². The largest absolute Gasteiger partial charge is 0.319 e. The minimum atomic E-state index is -0.694. The Bertz CT molecular complexity index is 293. The first kappa shape index (κ1) is 11.3. The smallest absolute Gasteiger partial charge is 0.159 e. The molecular weight excluding hydrogens is 196 g/mol. The van der Waals surface area contributed by atoms with Crippen LogP contribution in [-0.4, -0.2) is 16.3 Å². The first-order valence-electron chi connectivity index (χ1n) is 4.77. The SMILES string of the molecule is CCCC(C)(N)C(=O)Cc1nccs1. The van der Waals surface area contributed by atoms with E-state index in [9.17, 15) is 4.79 Å². The quantitative estimate of drug-likeness (QED) is 0.809. The molecule has 0 saturated carbocycles. The molecule has 2 N–H and O–H groups in total. The second kappa shape index (κ2) is 4.66. The number of aromatic nitrogens is 1. The molecule has 3 nitrogen and oxygen atoms in total. The Kier molecular flexibility index (Phi) is 3.77. The van der Waals surface area contributed by atoms with Crippen molar-refractivity contribution in [3.63, 3.8) is 0 Å². The summed E-state index contributed by atoms with van der Waals surface area (Å²) in [5.74, 6) is 0.0781. The number of nitrogens with zero attached hydrogens (tertiary/aromatic N) is 1. The number of nitrogens with two attached hydrogens (primary N) is 1. The summed E-state index contributed by atoms with van der Waals surface area (Å²) in [4.78, 5) is 15.8. The molecule has 0 aliphatic rings. The average Bonchev–Trinajstić information content (AvgIpc) is 2.56. The Balaban J connectivity index is 2.57. The molecule has 0 aromatic carbocycles. The summed E-state index contributed by atoms with van der Waals surface area (Å²) < 4.78 is 0. The number of hydrogen-bond donors (Lipinski definition) is 1. The van der Waals surface area contributed by atoms with E-state index >= 15 is 0 Å². The fourth-order valence-corrected chi connectivity index (χ4v) is 1.95. The second-order valence-electron chi connectivity index (χ2n) is 3.69. The molecular formula is C10H16N2OS. The Morgan fingerprint density at radius 2 is 2.43 bits per heavy atom. The maximum Gasteiger partial charge on any atom is 0.159 e. The van der Waals surface area contributed by atoms with Gasteiger partial charge in [0.1, 0.15) is 0 Å². The minimum absolute atomic E-state index is 0.0781. The van der Waals surface area contributed by atoms with Gasteiger partial charge in [0.15, 0.2) is 5.78 Å². The summed E-state index contributed by atoms with van der Waals surface area (Å²) in [6, 6.07) is 0. The Morgan fingerprint density at radius 1 is 1.71 bits per heavy atom. The molecule has 1 atom stereocenters. The van der Waals surface area contributed by atoms with Crippen LogP contribution >= 0.6 is 11.3 Å². The Labute approximate surface area is 88.3 Å². The fourth-order valence-electron chi connectivity index (χ4n) is 1.34. The Morgan fingerprint density at radius 3 is 2.93 bits per heavy atom. The summed E-state index contributed by atoms with van der Waals surface area (Å²) in [7, 11) is 0. The van der Waals surface area contributed by atoms with Crippen molar-refractivity contribution >= 4 is 17.1 Å². The van der Waals surface area contributed by atoms with Crippen molar-refractivity contribution in [2.45, 2.75) is 38.6 Å². The third-order valence-corrected chi connectivity index (χ3v) is 2.98.